The second-order valence-electron chi connectivity index (χ2n) is 10.3. The Morgan fingerprint density at radius 2 is 1.73 bits per heavy atom. The summed E-state index contributed by atoms with van der Waals surface area (Å²) in [6.45, 7) is 5.05. The number of allylic oxidation sites excluding steroid dienone is 1. The van der Waals surface area contributed by atoms with Crippen LogP contribution in [0.15, 0.2) is 65.6 Å². The number of carbonyl (C=O) groups is 1. The molecule has 204 valence electrons. The minimum atomic E-state index is -0.177. The molecule has 0 aliphatic carbocycles. The van der Waals surface area contributed by atoms with Crippen LogP contribution in [0, 0.1) is 0 Å². The molecule has 0 spiro atoms. The first-order valence-corrected chi connectivity index (χ1v) is 13.6. The molecule has 1 amide bonds. The predicted molar refractivity (Wildman–Crippen MR) is 154 cm³/mol. The van der Waals surface area contributed by atoms with Crippen LogP contribution in [0.25, 0.3) is 16.7 Å². The van der Waals surface area contributed by atoms with E-state index in [-0.39, 0.29) is 18.1 Å². The summed E-state index contributed by atoms with van der Waals surface area (Å²) in [6, 6.07) is 13.9. The first-order valence-electron chi connectivity index (χ1n) is 13.6. The maximum absolute atomic E-state index is 13.5. The lowest BCUT2D eigenvalue weighted by Crippen LogP contribution is -2.44. The summed E-state index contributed by atoms with van der Waals surface area (Å²) in [5.41, 5.74) is 3.76. The van der Waals surface area contributed by atoms with Crippen LogP contribution in [-0.2, 0) is 11.3 Å². The molecule has 1 fully saturated rings. The van der Waals surface area contributed by atoms with E-state index in [9.17, 15) is 9.59 Å². The lowest BCUT2D eigenvalue weighted by Gasteiger charge is -2.34. The Morgan fingerprint density at radius 1 is 0.925 bits per heavy atom. The molecule has 2 aromatic carbocycles. The van der Waals surface area contributed by atoms with Crippen LogP contribution in [0.2, 0.25) is 0 Å². The number of aromatic nitrogens is 4. The van der Waals surface area contributed by atoms with Crippen molar-refractivity contribution in [2.75, 3.05) is 61.5 Å². The third kappa shape index (κ3) is 4.28. The number of nitrogens with zero attached hydrogens (tertiary/aromatic N) is 7. The van der Waals surface area contributed by atoms with Crippen LogP contribution in [0.3, 0.4) is 0 Å². The summed E-state index contributed by atoms with van der Waals surface area (Å²) in [6.07, 6.45) is 6.19. The number of benzene rings is 2. The number of ether oxygens (including phenoxy) is 1. The second-order valence-corrected chi connectivity index (χ2v) is 10.3. The van der Waals surface area contributed by atoms with Crippen molar-refractivity contribution in [2.24, 2.45) is 0 Å². The molecular formula is C29H30N8O3. The van der Waals surface area contributed by atoms with Gasteiger partial charge in [0.25, 0.3) is 11.5 Å². The van der Waals surface area contributed by atoms with E-state index in [1.165, 1.54) is 5.69 Å². The third-order valence-electron chi connectivity index (χ3n) is 7.76. The maximum atomic E-state index is 13.5. The molecule has 2 bridgehead atoms. The van der Waals surface area contributed by atoms with Gasteiger partial charge in [0.05, 0.1) is 17.9 Å². The highest BCUT2D eigenvalue weighted by molar-refractivity contribution is 5.98. The summed E-state index contributed by atoms with van der Waals surface area (Å²) in [5.74, 6) is 0.956. The normalized spacial score (nSPS) is 18.2. The quantitative estimate of drug-likeness (QED) is 0.398. The molecule has 5 heterocycles. The summed E-state index contributed by atoms with van der Waals surface area (Å²) in [4.78, 5) is 41.8. The van der Waals surface area contributed by atoms with Gasteiger partial charge in [0.2, 0.25) is 5.95 Å². The van der Waals surface area contributed by atoms with E-state index < -0.39 is 0 Å². The summed E-state index contributed by atoms with van der Waals surface area (Å²) < 4.78 is 9.13. The van der Waals surface area contributed by atoms with E-state index >= 15 is 0 Å². The molecule has 11 nitrogen and oxygen atoms in total. The van der Waals surface area contributed by atoms with E-state index in [0.717, 1.165) is 31.9 Å². The Hall–Kier alpha value is -4.64. The minimum Gasteiger partial charge on any atom is -0.482 e. The predicted octanol–water partition coefficient (Wildman–Crippen LogP) is 2.76. The lowest BCUT2D eigenvalue weighted by atomic mass is 10.2. The minimum absolute atomic E-state index is 0.0197. The zero-order valence-electron chi connectivity index (χ0n) is 22.3. The van der Waals surface area contributed by atoms with Crippen molar-refractivity contribution in [3.8, 4) is 11.4 Å². The summed E-state index contributed by atoms with van der Waals surface area (Å²) in [5, 5.41) is 3.72. The lowest BCUT2D eigenvalue weighted by molar-refractivity contribution is -0.121. The standard InChI is InChI=1S/C29H30N8O3/c1-33-13-15-34(16-14-33)21-7-5-20(6-8-21)31-29-30-18-23-27(32-29)37-22-9-10-25-24(17-22)35(26(38)19-40-25)11-3-2-4-12-36(37)28(23)39/h2,4-10,17-18H,3,11-16,19H2,1H3,(H,30,31,32)/b4-2+. The Bertz CT molecular complexity index is 1680. The first-order chi connectivity index (χ1) is 19.5. The van der Waals surface area contributed by atoms with Gasteiger partial charge in [-0.3, -0.25) is 9.59 Å². The van der Waals surface area contributed by atoms with Gasteiger partial charge in [-0.25, -0.2) is 14.3 Å². The number of hydrogen-bond donors (Lipinski definition) is 1. The maximum Gasteiger partial charge on any atom is 0.278 e. The van der Waals surface area contributed by atoms with Crippen molar-refractivity contribution in [2.45, 2.75) is 13.0 Å². The van der Waals surface area contributed by atoms with Crippen LogP contribution < -0.4 is 25.4 Å². The van der Waals surface area contributed by atoms with Gasteiger partial charge in [-0.05, 0) is 55.9 Å². The number of rotatable bonds is 3. The summed E-state index contributed by atoms with van der Waals surface area (Å²) in [7, 11) is 2.15. The SMILES string of the molecule is CN1CCN(c2ccc(Nc3ncc4c(=O)n5n(c4n3)-c3ccc4c(c3)N(CC/C=C/C5)C(=O)CO4)cc2)CC1. The average Bonchev–Trinajstić information content (AvgIpc) is 3.23. The Balaban J connectivity index is 1.26. The van der Waals surface area contributed by atoms with E-state index in [1.807, 2.05) is 42.5 Å². The molecule has 0 saturated carbocycles. The van der Waals surface area contributed by atoms with Crippen molar-refractivity contribution in [3.63, 3.8) is 0 Å². The first kappa shape index (κ1) is 24.4. The molecule has 7 rings (SSSR count). The number of piperazine rings is 1. The van der Waals surface area contributed by atoms with Gasteiger partial charge in [-0.15, -0.1) is 0 Å². The highest BCUT2D eigenvalue weighted by Crippen LogP contribution is 2.35. The fourth-order valence-corrected chi connectivity index (χ4v) is 5.53. The fourth-order valence-electron chi connectivity index (χ4n) is 5.53. The van der Waals surface area contributed by atoms with E-state index in [0.29, 0.717) is 53.6 Å². The van der Waals surface area contributed by atoms with Gasteiger partial charge < -0.3 is 24.8 Å². The third-order valence-corrected chi connectivity index (χ3v) is 7.76. The van der Waals surface area contributed by atoms with Crippen LogP contribution in [0.4, 0.5) is 23.0 Å². The Labute approximate surface area is 230 Å². The number of carbonyl (C=O) groups excluding carboxylic acids is 1. The topological polar surface area (TPSA) is 101 Å². The molecule has 40 heavy (non-hydrogen) atoms. The van der Waals surface area contributed by atoms with Gasteiger partial charge in [0.15, 0.2) is 12.3 Å². The molecule has 0 radical (unpaired) electrons. The van der Waals surface area contributed by atoms with Crippen LogP contribution in [0.1, 0.15) is 6.42 Å². The van der Waals surface area contributed by atoms with Crippen molar-refractivity contribution in [3.05, 3.63) is 71.2 Å². The molecular weight excluding hydrogens is 508 g/mol. The largest absolute Gasteiger partial charge is 0.482 e. The van der Waals surface area contributed by atoms with Gasteiger partial charge in [0, 0.05) is 50.3 Å². The smallest absolute Gasteiger partial charge is 0.278 e. The Morgan fingerprint density at radius 3 is 2.55 bits per heavy atom. The molecule has 11 heteroatoms. The van der Waals surface area contributed by atoms with Crippen LogP contribution in [-0.4, -0.2) is 76.5 Å². The molecule has 4 aromatic rings. The summed E-state index contributed by atoms with van der Waals surface area (Å²) >= 11 is 0. The number of fused-ring (bicyclic) bond motifs is 5. The second kappa shape index (κ2) is 9.83. The van der Waals surface area contributed by atoms with Crippen LogP contribution >= 0.6 is 0 Å². The van der Waals surface area contributed by atoms with Gasteiger partial charge in [0.1, 0.15) is 11.1 Å². The highest BCUT2D eigenvalue weighted by Gasteiger charge is 2.27. The molecule has 0 atom stereocenters. The zero-order valence-corrected chi connectivity index (χ0v) is 22.3. The number of anilines is 4. The van der Waals surface area contributed by atoms with Crippen molar-refractivity contribution in [1.82, 2.24) is 24.2 Å². The van der Waals surface area contributed by atoms with E-state index in [1.54, 1.807) is 20.5 Å². The number of likely N-dealkylation sites (N-methyl/N-ethyl adjacent to an activating group) is 1. The number of hydrogen-bond acceptors (Lipinski definition) is 8. The molecule has 2 aromatic heterocycles. The fraction of sp³-hybridized carbons (Fsp3) is 0.310. The van der Waals surface area contributed by atoms with Crippen LogP contribution in [0.5, 0.6) is 5.75 Å². The highest BCUT2D eigenvalue weighted by atomic mass is 16.5. The molecule has 3 aliphatic heterocycles. The number of nitrogens with one attached hydrogen (secondary N) is 1. The molecule has 1 saturated heterocycles. The molecule has 3 aliphatic rings. The van der Waals surface area contributed by atoms with E-state index in [4.69, 9.17) is 9.72 Å². The molecule has 0 unspecified atom stereocenters. The van der Waals surface area contributed by atoms with Gasteiger partial charge >= 0.3 is 0 Å². The van der Waals surface area contributed by atoms with Crippen molar-refractivity contribution in [1.29, 1.82) is 0 Å². The number of amides is 1. The molecule has 1 N–H and O–H groups in total. The van der Waals surface area contributed by atoms with Crippen molar-refractivity contribution >= 4 is 40.0 Å². The zero-order chi connectivity index (χ0) is 27.2. The Kier molecular flexibility index (Phi) is 6.00. The average molecular weight is 539 g/mol. The van der Waals surface area contributed by atoms with Gasteiger partial charge in [-0.1, -0.05) is 12.2 Å². The van der Waals surface area contributed by atoms with E-state index in [2.05, 4.69) is 39.3 Å². The van der Waals surface area contributed by atoms with Crippen molar-refractivity contribution < 1.29 is 9.53 Å². The van der Waals surface area contributed by atoms with Gasteiger partial charge in [-0.2, -0.15) is 4.98 Å². The monoisotopic (exact) mass is 538 g/mol.